The summed E-state index contributed by atoms with van der Waals surface area (Å²) in [6.45, 7) is 0.806. The third-order valence-electron chi connectivity index (χ3n) is 2.92. The van der Waals surface area contributed by atoms with E-state index in [1.54, 1.807) is 17.1 Å². The molecule has 0 fully saturated rings. The number of halogens is 5. The molecule has 0 aliphatic heterocycles. The van der Waals surface area contributed by atoms with Crippen molar-refractivity contribution in [3.8, 4) is 0 Å². The smallest absolute Gasteiger partial charge is 0.351 e. The van der Waals surface area contributed by atoms with E-state index >= 15 is 0 Å². The topological polar surface area (TPSA) is 64.7 Å². The summed E-state index contributed by atoms with van der Waals surface area (Å²) in [5.74, 6) is -0.747. The molecule has 0 atom stereocenters. The maximum absolute atomic E-state index is 12.8. The average Bonchev–Trinajstić information content (AvgIpc) is 2.97. The predicted octanol–water partition coefficient (Wildman–Crippen LogP) is 2.87. The van der Waals surface area contributed by atoms with E-state index in [2.05, 4.69) is 31.4 Å². The molecule has 0 aliphatic rings. The van der Waals surface area contributed by atoms with E-state index < -0.39 is 28.5 Å². The normalized spacial score (nSPS) is 11.7. The lowest BCUT2D eigenvalue weighted by Crippen LogP contribution is -2.26. The fraction of sp³-hybridized carbons (Fsp3) is 0.417. The van der Waals surface area contributed by atoms with Crippen molar-refractivity contribution in [3.63, 3.8) is 0 Å². The summed E-state index contributed by atoms with van der Waals surface area (Å²) in [5, 5.41) is 9.38. The quantitative estimate of drug-likeness (QED) is 0.765. The minimum atomic E-state index is -4.68. The summed E-state index contributed by atoms with van der Waals surface area (Å²) >= 11 is 8.89. The van der Waals surface area contributed by atoms with Gasteiger partial charge in [0.05, 0.1) is 10.7 Å². The minimum Gasteiger partial charge on any atom is -0.351 e. The minimum absolute atomic E-state index is 0.255. The number of carbonyl (C=O) groups is 1. The van der Waals surface area contributed by atoms with E-state index in [1.807, 2.05) is 0 Å². The van der Waals surface area contributed by atoms with Crippen molar-refractivity contribution in [2.75, 3.05) is 6.54 Å². The lowest BCUT2D eigenvalue weighted by atomic mass is 10.3. The highest BCUT2D eigenvalue weighted by molar-refractivity contribution is 9.10. The first-order valence-corrected chi connectivity index (χ1v) is 7.63. The van der Waals surface area contributed by atoms with E-state index in [4.69, 9.17) is 11.6 Å². The number of amides is 1. The van der Waals surface area contributed by atoms with Crippen LogP contribution >= 0.6 is 27.5 Å². The molecule has 1 amide bonds. The average molecular weight is 415 g/mol. The molecule has 2 rings (SSSR count). The second-order valence-electron chi connectivity index (χ2n) is 4.66. The molecular formula is C12H12BrClF3N5O. The van der Waals surface area contributed by atoms with Gasteiger partial charge in [-0.1, -0.05) is 11.6 Å². The number of aromatic nitrogens is 4. The Labute approximate surface area is 142 Å². The van der Waals surface area contributed by atoms with Crippen molar-refractivity contribution >= 4 is 33.4 Å². The zero-order valence-electron chi connectivity index (χ0n) is 11.9. The molecule has 0 saturated carbocycles. The maximum Gasteiger partial charge on any atom is 0.434 e. The highest BCUT2D eigenvalue weighted by Gasteiger charge is 2.39. The summed E-state index contributed by atoms with van der Waals surface area (Å²) in [6.07, 6.45) is -0.723. The van der Waals surface area contributed by atoms with Gasteiger partial charge in [-0.2, -0.15) is 23.4 Å². The summed E-state index contributed by atoms with van der Waals surface area (Å²) in [7, 11) is 1.08. The van der Waals surface area contributed by atoms with Gasteiger partial charge in [0, 0.05) is 26.3 Å². The Kier molecular flexibility index (Phi) is 5.35. The largest absolute Gasteiger partial charge is 0.434 e. The van der Waals surface area contributed by atoms with Crippen LogP contribution in [0.2, 0.25) is 5.02 Å². The Morgan fingerprint density at radius 2 is 2.17 bits per heavy atom. The van der Waals surface area contributed by atoms with Gasteiger partial charge in [0.2, 0.25) is 0 Å². The first-order valence-electron chi connectivity index (χ1n) is 6.46. The van der Waals surface area contributed by atoms with Crippen molar-refractivity contribution in [1.82, 2.24) is 24.9 Å². The van der Waals surface area contributed by atoms with Gasteiger partial charge in [0.1, 0.15) is 5.02 Å². The molecule has 11 heteroatoms. The molecule has 0 bridgehead atoms. The SMILES string of the molecule is Cn1nc(C(=O)NCCCn2cc(Br)cn2)c(Cl)c1C(F)(F)F. The van der Waals surface area contributed by atoms with Crippen LogP contribution in [0.5, 0.6) is 0 Å². The van der Waals surface area contributed by atoms with Crippen LogP contribution in [-0.2, 0) is 19.8 Å². The number of aryl methyl sites for hydroxylation is 2. The number of carbonyl (C=O) groups excluding carboxylic acids is 1. The zero-order valence-corrected chi connectivity index (χ0v) is 14.2. The van der Waals surface area contributed by atoms with Crippen molar-refractivity contribution in [3.05, 3.63) is 33.3 Å². The van der Waals surface area contributed by atoms with Crippen LogP contribution in [0.25, 0.3) is 0 Å². The van der Waals surface area contributed by atoms with Crippen molar-refractivity contribution < 1.29 is 18.0 Å². The zero-order chi connectivity index (χ0) is 17.2. The predicted molar refractivity (Wildman–Crippen MR) is 80.1 cm³/mol. The van der Waals surface area contributed by atoms with Crippen molar-refractivity contribution in [1.29, 1.82) is 0 Å². The van der Waals surface area contributed by atoms with E-state index in [0.29, 0.717) is 17.6 Å². The number of hydrogen-bond acceptors (Lipinski definition) is 3. The van der Waals surface area contributed by atoms with Gasteiger partial charge < -0.3 is 5.32 Å². The van der Waals surface area contributed by atoms with Crippen molar-refractivity contribution in [2.24, 2.45) is 7.05 Å². The molecule has 0 spiro atoms. The van der Waals surface area contributed by atoms with E-state index in [-0.39, 0.29) is 6.54 Å². The Hall–Kier alpha value is -1.55. The molecule has 0 unspecified atom stereocenters. The fourth-order valence-electron chi connectivity index (χ4n) is 1.94. The van der Waals surface area contributed by atoms with Crippen LogP contribution < -0.4 is 5.32 Å². The fourth-order valence-corrected chi connectivity index (χ4v) is 2.62. The molecule has 0 aromatic carbocycles. The summed E-state index contributed by atoms with van der Waals surface area (Å²) in [4.78, 5) is 11.9. The lowest BCUT2D eigenvalue weighted by Gasteiger charge is -2.06. The number of alkyl halides is 3. The molecular weight excluding hydrogens is 403 g/mol. The lowest BCUT2D eigenvalue weighted by molar-refractivity contribution is -0.143. The van der Waals surface area contributed by atoms with Crippen molar-refractivity contribution in [2.45, 2.75) is 19.1 Å². The summed E-state index contributed by atoms with van der Waals surface area (Å²) in [5.41, 5.74) is -1.59. The molecule has 126 valence electrons. The van der Waals surface area contributed by atoms with Gasteiger partial charge in [-0.3, -0.25) is 14.2 Å². The highest BCUT2D eigenvalue weighted by Crippen LogP contribution is 2.35. The Morgan fingerprint density at radius 1 is 1.48 bits per heavy atom. The van der Waals surface area contributed by atoms with Gasteiger partial charge >= 0.3 is 6.18 Å². The van der Waals surface area contributed by atoms with Crippen LogP contribution in [0.3, 0.4) is 0 Å². The highest BCUT2D eigenvalue weighted by atomic mass is 79.9. The van der Waals surface area contributed by atoms with Gasteiger partial charge in [-0.05, 0) is 22.4 Å². The molecule has 2 heterocycles. The van der Waals surface area contributed by atoms with Crippen LogP contribution in [0.4, 0.5) is 13.2 Å². The number of hydrogen-bond donors (Lipinski definition) is 1. The van der Waals surface area contributed by atoms with Crippen LogP contribution in [0.1, 0.15) is 22.6 Å². The van der Waals surface area contributed by atoms with E-state index in [9.17, 15) is 18.0 Å². The van der Waals surface area contributed by atoms with Gasteiger partial charge in [-0.25, -0.2) is 0 Å². The molecule has 0 saturated heterocycles. The second-order valence-corrected chi connectivity index (χ2v) is 5.96. The Balaban J connectivity index is 1.93. The standard InChI is InChI=1S/C12H12BrClF3N5O/c1-21-10(12(15,16)17)8(14)9(20-21)11(23)18-3-2-4-22-6-7(13)5-19-22/h5-6H,2-4H2,1H3,(H,18,23). The molecule has 1 N–H and O–H groups in total. The van der Waals surface area contributed by atoms with Gasteiger partial charge in [0.15, 0.2) is 11.4 Å². The monoisotopic (exact) mass is 413 g/mol. The molecule has 23 heavy (non-hydrogen) atoms. The molecule has 2 aromatic rings. The van der Waals surface area contributed by atoms with Crippen LogP contribution in [0.15, 0.2) is 16.9 Å². The molecule has 0 radical (unpaired) electrons. The number of nitrogens with zero attached hydrogens (tertiary/aromatic N) is 4. The molecule has 2 aromatic heterocycles. The first-order chi connectivity index (χ1) is 10.7. The van der Waals surface area contributed by atoms with E-state index in [1.165, 1.54) is 0 Å². The van der Waals surface area contributed by atoms with Crippen LogP contribution in [0, 0.1) is 0 Å². The van der Waals surface area contributed by atoms with Crippen LogP contribution in [-0.4, -0.2) is 32.0 Å². The number of rotatable bonds is 5. The maximum atomic E-state index is 12.8. The van der Waals surface area contributed by atoms with E-state index in [0.717, 1.165) is 11.5 Å². The third-order valence-corrected chi connectivity index (χ3v) is 3.69. The molecule has 0 aliphatic carbocycles. The van der Waals surface area contributed by atoms with Gasteiger partial charge in [0.25, 0.3) is 5.91 Å². The third kappa shape index (κ3) is 4.25. The first kappa shape index (κ1) is 17.8. The van der Waals surface area contributed by atoms with Gasteiger partial charge in [-0.15, -0.1) is 0 Å². The molecule has 6 nitrogen and oxygen atoms in total. The number of nitrogens with one attached hydrogen (secondary N) is 1. The summed E-state index contributed by atoms with van der Waals surface area (Å²) in [6, 6.07) is 0. The second kappa shape index (κ2) is 6.91. The summed E-state index contributed by atoms with van der Waals surface area (Å²) < 4.78 is 41.4. The Morgan fingerprint density at radius 3 is 2.70 bits per heavy atom. The Bertz CT molecular complexity index is 712.